The van der Waals surface area contributed by atoms with Crippen molar-refractivity contribution in [3.05, 3.63) is 41.6 Å². The van der Waals surface area contributed by atoms with Crippen LogP contribution in [-0.4, -0.2) is 28.7 Å². The first-order chi connectivity index (χ1) is 10.7. The molecule has 0 aliphatic carbocycles. The van der Waals surface area contributed by atoms with Crippen molar-refractivity contribution in [1.29, 1.82) is 0 Å². The first-order valence-electron chi connectivity index (χ1n) is 6.76. The number of fused-ring (bicyclic) bond motifs is 1. The van der Waals surface area contributed by atoms with E-state index in [1.54, 1.807) is 19.4 Å². The number of hydrazone groups is 1. The Balaban J connectivity index is 1.77. The fourth-order valence-corrected chi connectivity index (χ4v) is 2.16. The average Bonchev–Trinajstić information content (AvgIpc) is 2.91. The number of methoxy groups -OCH3 is 1. The molecule has 0 atom stereocenters. The van der Waals surface area contributed by atoms with E-state index in [2.05, 4.69) is 25.8 Å². The van der Waals surface area contributed by atoms with E-state index < -0.39 is 0 Å². The summed E-state index contributed by atoms with van der Waals surface area (Å²) in [6, 6.07) is 7.42. The van der Waals surface area contributed by atoms with E-state index in [4.69, 9.17) is 4.74 Å². The maximum absolute atomic E-state index is 11.4. The topological polar surface area (TPSA) is 88.5 Å². The van der Waals surface area contributed by atoms with Crippen molar-refractivity contribution >= 4 is 23.3 Å². The number of hydrogen-bond donors (Lipinski definition) is 2. The molecule has 22 heavy (non-hydrogen) atoms. The molecule has 0 bridgehead atoms. The quantitative estimate of drug-likeness (QED) is 0.664. The van der Waals surface area contributed by atoms with Crippen LogP contribution < -0.4 is 15.5 Å². The molecule has 112 valence electrons. The van der Waals surface area contributed by atoms with Gasteiger partial charge in [0.25, 0.3) is 0 Å². The molecule has 1 aromatic heterocycles. The molecule has 0 unspecified atom stereocenters. The molecular formula is C15H15N5O2. The molecule has 2 aromatic rings. The van der Waals surface area contributed by atoms with Crippen LogP contribution in [0.25, 0.3) is 0 Å². The van der Waals surface area contributed by atoms with Gasteiger partial charge in [-0.25, -0.2) is 10.4 Å². The molecule has 7 heteroatoms. The highest BCUT2D eigenvalue weighted by Gasteiger charge is 2.17. The largest absolute Gasteiger partial charge is 0.481 e. The molecule has 7 nitrogen and oxygen atoms in total. The van der Waals surface area contributed by atoms with Crippen LogP contribution >= 0.6 is 0 Å². The lowest BCUT2D eigenvalue weighted by Gasteiger charge is -2.05. The number of carbonyl (C=O) groups excluding carboxylic acids is 1. The van der Waals surface area contributed by atoms with Crippen molar-refractivity contribution in [3.8, 4) is 5.88 Å². The number of rotatable bonds is 4. The van der Waals surface area contributed by atoms with Crippen LogP contribution in [0.4, 0.5) is 11.6 Å². The minimum absolute atomic E-state index is 0.0182. The molecular weight excluding hydrogens is 282 g/mol. The second-order valence-corrected chi connectivity index (χ2v) is 4.83. The zero-order valence-electron chi connectivity index (χ0n) is 12.3. The maximum atomic E-state index is 11.4. The Morgan fingerprint density at radius 2 is 2.27 bits per heavy atom. The Labute approximate surface area is 127 Å². The third-order valence-electron chi connectivity index (χ3n) is 3.31. The van der Waals surface area contributed by atoms with Crippen LogP contribution in [0.15, 0.2) is 35.6 Å². The van der Waals surface area contributed by atoms with Crippen molar-refractivity contribution in [1.82, 2.24) is 9.97 Å². The highest BCUT2D eigenvalue weighted by atomic mass is 16.5. The molecule has 0 saturated carbocycles. The van der Waals surface area contributed by atoms with Crippen LogP contribution in [0.1, 0.15) is 18.1 Å². The Bertz CT molecular complexity index is 757. The standard InChI is InChI=1S/C15H15N5O2/c1-9(19-20-15-16-6-5-14(18-15)22-2)10-3-4-12-11(7-10)8-13(21)17-12/h3-7H,8H2,1-2H3,(H,17,21)(H,16,18,20)/b19-9+. The van der Waals surface area contributed by atoms with Crippen molar-refractivity contribution in [3.63, 3.8) is 0 Å². The number of nitrogens with zero attached hydrogens (tertiary/aromatic N) is 3. The number of carbonyl (C=O) groups is 1. The highest BCUT2D eigenvalue weighted by molar-refractivity contribution is 6.03. The predicted molar refractivity (Wildman–Crippen MR) is 83.2 cm³/mol. The van der Waals surface area contributed by atoms with E-state index in [0.29, 0.717) is 18.2 Å². The highest BCUT2D eigenvalue weighted by Crippen LogP contribution is 2.24. The summed E-state index contributed by atoms with van der Waals surface area (Å²) >= 11 is 0. The fourth-order valence-electron chi connectivity index (χ4n) is 2.16. The van der Waals surface area contributed by atoms with Gasteiger partial charge in [0.15, 0.2) is 0 Å². The van der Waals surface area contributed by atoms with Crippen molar-refractivity contribution in [2.45, 2.75) is 13.3 Å². The van der Waals surface area contributed by atoms with Crippen LogP contribution in [0.2, 0.25) is 0 Å². The second kappa shape index (κ2) is 5.80. The van der Waals surface area contributed by atoms with Gasteiger partial charge in [0, 0.05) is 18.0 Å². The lowest BCUT2D eigenvalue weighted by Crippen LogP contribution is -2.03. The first kappa shape index (κ1) is 14.0. The van der Waals surface area contributed by atoms with Crippen LogP contribution in [0.5, 0.6) is 5.88 Å². The first-order valence-corrected chi connectivity index (χ1v) is 6.76. The minimum Gasteiger partial charge on any atom is -0.481 e. The summed E-state index contributed by atoms with van der Waals surface area (Å²) in [5.74, 6) is 0.842. The van der Waals surface area contributed by atoms with E-state index in [-0.39, 0.29) is 5.91 Å². The number of hydrogen-bond acceptors (Lipinski definition) is 6. The molecule has 0 spiro atoms. The van der Waals surface area contributed by atoms with Gasteiger partial charge in [-0.1, -0.05) is 6.07 Å². The zero-order valence-corrected chi connectivity index (χ0v) is 12.3. The molecule has 1 aliphatic heterocycles. The van der Waals surface area contributed by atoms with Crippen molar-refractivity contribution < 1.29 is 9.53 Å². The third-order valence-corrected chi connectivity index (χ3v) is 3.31. The second-order valence-electron chi connectivity index (χ2n) is 4.83. The van der Waals surface area contributed by atoms with Crippen LogP contribution in [-0.2, 0) is 11.2 Å². The Hall–Kier alpha value is -2.96. The summed E-state index contributed by atoms with van der Waals surface area (Å²) in [5.41, 5.74) is 6.35. The monoisotopic (exact) mass is 297 g/mol. The van der Waals surface area contributed by atoms with E-state index >= 15 is 0 Å². The lowest BCUT2D eigenvalue weighted by atomic mass is 10.1. The van der Waals surface area contributed by atoms with Gasteiger partial charge < -0.3 is 10.1 Å². The van der Waals surface area contributed by atoms with Gasteiger partial charge in [-0.15, -0.1) is 0 Å². The summed E-state index contributed by atoms with van der Waals surface area (Å²) in [7, 11) is 1.54. The Morgan fingerprint density at radius 3 is 3.09 bits per heavy atom. The van der Waals surface area contributed by atoms with Gasteiger partial charge in [0.2, 0.25) is 17.7 Å². The normalized spacial score (nSPS) is 13.5. The van der Waals surface area contributed by atoms with Crippen LogP contribution in [0, 0.1) is 0 Å². The predicted octanol–water partition coefficient (Wildman–Crippen LogP) is 1.82. The average molecular weight is 297 g/mol. The van der Waals surface area contributed by atoms with E-state index in [0.717, 1.165) is 22.5 Å². The minimum atomic E-state index is 0.0182. The van der Waals surface area contributed by atoms with Gasteiger partial charge in [-0.3, -0.25) is 4.79 Å². The molecule has 3 rings (SSSR count). The molecule has 1 amide bonds. The SMILES string of the molecule is COc1ccnc(N/N=C(\C)c2ccc3c(c2)CC(=O)N3)n1. The van der Waals surface area contributed by atoms with E-state index in [1.165, 1.54) is 0 Å². The zero-order chi connectivity index (χ0) is 15.5. The third kappa shape index (κ3) is 2.88. The summed E-state index contributed by atoms with van der Waals surface area (Å²) in [5, 5.41) is 7.07. The Kier molecular flexibility index (Phi) is 3.69. The number of ether oxygens (including phenoxy) is 1. The van der Waals surface area contributed by atoms with Gasteiger partial charge in [-0.2, -0.15) is 10.1 Å². The summed E-state index contributed by atoms with van der Waals surface area (Å²) in [6.45, 7) is 1.87. The van der Waals surface area contributed by atoms with Gasteiger partial charge in [0.1, 0.15) is 0 Å². The molecule has 2 N–H and O–H groups in total. The van der Waals surface area contributed by atoms with Gasteiger partial charge in [-0.05, 0) is 30.2 Å². The molecule has 1 aliphatic rings. The number of nitrogens with one attached hydrogen (secondary N) is 2. The smallest absolute Gasteiger partial charge is 0.246 e. The van der Waals surface area contributed by atoms with Crippen molar-refractivity contribution in [2.75, 3.05) is 17.9 Å². The summed E-state index contributed by atoms with van der Waals surface area (Å²) in [6.07, 6.45) is 1.99. The fraction of sp³-hybridized carbons (Fsp3) is 0.200. The Morgan fingerprint density at radius 1 is 1.41 bits per heavy atom. The van der Waals surface area contributed by atoms with E-state index in [1.807, 2.05) is 25.1 Å². The van der Waals surface area contributed by atoms with Gasteiger partial charge >= 0.3 is 0 Å². The lowest BCUT2D eigenvalue weighted by molar-refractivity contribution is -0.115. The summed E-state index contributed by atoms with van der Waals surface area (Å²) < 4.78 is 5.03. The molecule has 0 saturated heterocycles. The van der Waals surface area contributed by atoms with Crippen LogP contribution in [0.3, 0.4) is 0 Å². The van der Waals surface area contributed by atoms with Gasteiger partial charge in [0.05, 0.1) is 19.2 Å². The molecule has 0 radical (unpaired) electrons. The van der Waals surface area contributed by atoms with E-state index in [9.17, 15) is 4.79 Å². The number of amides is 1. The summed E-state index contributed by atoms with van der Waals surface area (Å²) in [4.78, 5) is 19.5. The number of benzene rings is 1. The van der Waals surface area contributed by atoms with Crippen molar-refractivity contribution in [2.24, 2.45) is 5.10 Å². The molecule has 0 fully saturated rings. The molecule has 2 heterocycles. The molecule has 1 aromatic carbocycles. The maximum Gasteiger partial charge on any atom is 0.246 e. The number of anilines is 2. The number of aromatic nitrogens is 2.